The molecular weight excluding hydrogens is 450 g/mol. The predicted octanol–water partition coefficient (Wildman–Crippen LogP) is 7.72. The molecule has 0 atom stereocenters. The van der Waals surface area contributed by atoms with Gasteiger partial charge in [-0.15, -0.1) is 15.0 Å². The molecule has 1 rings (SSSR count). The molecule has 1 aliphatic rings. The summed E-state index contributed by atoms with van der Waals surface area (Å²) in [5.74, 6) is 0. The topological polar surface area (TPSA) is 0 Å². The third kappa shape index (κ3) is 58.6. The molecule has 0 unspecified atom stereocenters. The van der Waals surface area contributed by atoms with E-state index in [2.05, 4.69) is 53.7 Å². The summed E-state index contributed by atoms with van der Waals surface area (Å²) < 4.78 is 0. The normalized spacial score (nSPS) is 9.73. The van der Waals surface area contributed by atoms with Crippen molar-refractivity contribution in [3.63, 3.8) is 0 Å². The minimum atomic E-state index is 0. The maximum atomic E-state index is 2.99. The van der Waals surface area contributed by atoms with Crippen molar-refractivity contribution in [1.82, 2.24) is 0 Å². The summed E-state index contributed by atoms with van der Waals surface area (Å²) in [6.07, 6.45) is 10.0. The molecule has 0 saturated heterocycles. The van der Waals surface area contributed by atoms with Gasteiger partial charge in [-0.25, -0.2) is 12.2 Å². The second-order valence-electron chi connectivity index (χ2n) is 5.63. The van der Waals surface area contributed by atoms with E-state index in [1.54, 1.807) is 0 Å². The zero-order valence-corrected chi connectivity index (χ0v) is 22.5. The summed E-state index contributed by atoms with van der Waals surface area (Å²) in [5.41, 5.74) is 0. The standard InChI is InChI=1S/C8H19P.C5H5.7CH3.Hf/c1-7(2,3)9-8(4,5)6;1-2-4-5-3-1;;;;;;;;/h9H,1-6H3;1-3H,4H2;7*1H3;/q;8*-1;. The molecule has 22 heavy (non-hydrogen) atoms. The molecule has 0 amide bonds. The van der Waals surface area contributed by atoms with Crippen LogP contribution in [0.3, 0.4) is 0 Å². The summed E-state index contributed by atoms with van der Waals surface area (Å²) in [7, 11) is 1.05. The molecule has 0 aromatic rings. The van der Waals surface area contributed by atoms with Gasteiger partial charge in [0.05, 0.1) is 0 Å². The van der Waals surface area contributed by atoms with Crippen molar-refractivity contribution in [2.45, 2.75) is 58.3 Å². The molecule has 2 heteroatoms. The molecule has 0 nitrogen and oxygen atoms in total. The number of rotatable bonds is 0. The quantitative estimate of drug-likeness (QED) is 0.184. The Balaban J connectivity index is -0.0000000169. The Morgan fingerprint density at radius 2 is 1.05 bits per heavy atom. The first-order valence-electron chi connectivity index (χ1n) is 5.22. The van der Waals surface area contributed by atoms with Crippen molar-refractivity contribution in [2.75, 3.05) is 0 Å². The predicted molar refractivity (Wildman–Crippen MR) is 114 cm³/mol. The van der Waals surface area contributed by atoms with Crippen LogP contribution in [0, 0.1) is 58.1 Å². The molecule has 0 bridgehead atoms. The molecular formula is C20H45HfP-8. The van der Waals surface area contributed by atoms with Gasteiger partial charge in [0.25, 0.3) is 0 Å². The van der Waals surface area contributed by atoms with Gasteiger partial charge in [0.1, 0.15) is 0 Å². The van der Waals surface area contributed by atoms with Gasteiger partial charge in [0, 0.05) is 25.8 Å². The summed E-state index contributed by atoms with van der Waals surface area (Å²) >= 11 is 0. The van der Waals surface area contributed by atoms with E-state index >= 15 is 0 Å². The Bertz CT molecular complexity index is 183. The van der Waals surface area contributed by atoms with E-state index in [1.165, 1.54) is 0 Å². The van der Waals surface area contributed by atoms with Crippen LogP contribution in [0.1, 0.15) is 48.0 Å². The first-order chi connectivity index (χ1) is 6.21. The fraction of sp³-hybridized carbons (Fsp3) is 0.450. The Morgan fingerprint density at radius 3 is 1.09 bits per heavy atom. The van der Waals surface area contributed by atoms with Crippen LogP contribution >= 0.6 is 8.58 Å². The molecule has 0 spiro atoms. The van der Waals surface area contributed by atoms with Crippen molar-refractivity contribution in [3.8, 4) is 0 Å². The summed E-state index contributed by atoms with van der Waals surface area (Å²) in [6.45, 7) is 13.8. The van der Waals surface area contributed by atoms with Gasteiger partial charge in [-0.05, 0) is 10.3 Å². The molecule has 0 aromatic carbocycles. The van der Waals surface area contributed by atoms with E-state index in [4.69, 9.17) is 0 Å². The third-order valence-electron chi connectivity index (χ3n) is 1.34. The Labute approximate surface area is 168 Å². The van der Waals surface area contributed by atoms with Crippen LogP contribution in [0.5, 0.6) is 0 Å². The smallest absolute Gasteiger partial charge is 0 e. The van der Waals surface area contributed by atoms with Crippen LogP contribution < -0.4 is 0 Å². The molecule has 0 radical (unpaired) electrons. The van der Waals surface area contributed by atoms with Crippen molar-refractivity contribution >= 4 is 8.58 Å². The van der Waals surface area contributed by atoms with Crippen LogP contribution in [0.25, 0.3) is 0 Å². The number of hydrogen-bond donors (Lipinski definition) is 0. The molecule has 0 heterocycles. The Morgan fingerprint density at radius 1 is 0.727 bits per heavy atom. The molecule has 0 aliphatic heterocycles. The van der Waals surface area contributed by atoms with Crippen molar-refractivity contribution in [2.24, 2.45) is 0 Å². The second-order valence-corrected chi connectivity index (χ2v) is 8.88. The molecule has 0 fully saturated rings. The minimum Gasteiger partial charge on any atom is -0.358 e. The average molecular weight is 495 g/mol. The minimum absolute atomic E-state index is 0. The first-order valence-corrected chi connectivity index (χ1v) is 6.22. The number of allylic oxidation sites excluding steroid dienone is 4. The van der Waals surface area contributed by atoms with Gasteiger partial charge in [0.15, 0.2) is 0 Å². The maximum Gasteiger partial charge on any atom is 0 e. The van der Waals surface area contributed by atoms with Gasteiger partial charge in [-0.1, -0.05) is 41.5 Å². The SMILES string of the molecule is CC(C)(C)PC(C)(C)C.[C-]1=CC=CC1.[CH3-].[CH3-].[CH3-].[CH3-].[CH3-].[CH3-].[CH3-].[Hf]. The average Bonchev–Trinajstić information content (AvgIpc) is 2.29. The van der Waals surface area contributed by atoms with Gasteiger partial charge in [-0.3, -0.25) is 6.08 Å². The maximum absolute atomic E-state index is 2.99. The Kier molecular flexibility index (Phi) is 69.0. The molecule has 1 aliphatic carbocycles. The van der Waals surface area contributed by atoms with Crippen LogP contribution in [-0.4, -0.2) is 10.3 Å². The van der Waals surface area contributed by atoms with E-state index in [1.807, 2.05) is 12.2 Å². The van der Waals surface area contributed by atoms with Crippen molar-refractivity contribution in [1.29, 1.82) is 0 Å². The largest absolute Gasteiger partial charge is 0.358 e. The number of hydrogen-bond acceptors (Lipinski definition) is 0. The van der Waals surface area contributed by atoms with E-state index in [-0.39, 0.29) is 77.8 Å². The summed E-state index contributed by atoms with van der Waals surface area (Å²) in [6, 6.07) is 0. The molecule has 142 valence electrons. The zero-order chi connectivity index (χ0) is 11.2. The summed E-state index contributed by atoms with van der Waals surface area (Å²) in [4.78, 5) is 0. The molecule has 0 N–H and O–H groups in total. The van der Waals surface area contributed by atoms with Crippen molar-refractivity contribution in [3.05, 3.63) is 76.3 Å². The van der Waals surface area contributed by atoms with E-state index in [9.17, 15) is 0 Å². The van der Waals surface area contributed by atoms with Gasteiger partial charge in [-0.2, -0.15) is 6.08 Å². The summed E-state index contributed by atoms with van der Waals surface area (Å²) in [5, 5.41) is 1.02. The van der Waals surface area contributed by atoms with Crippen molar-refractivity contribution < 1.29 is 25.8 Å². The second kappa shape index (κ2) is 26.7. The Hall–Kier alpha value is 0.780. The van der Waals surface area contributed by atoms with Crippen LogP contribution in [0.4, 0.5) is 0 Å². The molecule has 0 aromatic heterocycles. The van der Waals surface area contributed by atoms with E-state index < -0.39 is 0 Å². The van der Waals surface area contributed by atoms with E-state index in [0.717, 1.165) is 15.0 Å². The van der Waals surface area contributed by atoms with Gasteiger partial charge in [0.2, 0.25) is 0 Å². The fourth-order valence-corrected chi connectivity index (χ4v) is 3.72. The van der Waals surface area contributed by atoms with Crippen LogP contribution in [0.2, 0.25) is 0 Å². The van der Waals surface area contributed by atoms with Crippen LogP contribution in [0.15, 0.2) is 18.2 Å². The fourth-order valence-electron chi connectivity index (χ4n) is 1.47. The van der Waals surface area contributed by atoms with Crippen LogP contribution in [-0.2, 0) is 25.8 Å². The zero-order valence-electron chi connectivity index (χ0n) is 17.9. The molecule has 0 saturated carbocycles. The monoisotopic (exact) mass is 496 g/mol. The van der Waals surface area contributed by atoms with E-state index in [0.29, 0.717) is 10.3 Å². The van der Waals surface area contributed by atoms with Gasteiger partial charge >= 0.3 is 0 Å². The van der Waals surface area contributed by atoms with Gasteiger partial charge < -0.3 is 52.0 Å². The first kappa shape index (κ1) is 56.9. The third-order valence-corrected chi connectivity index (χ3v) is 2.84.